The minimum atomic E-state index is -0.404. The summed E-state index contributed by atoms with van der Waals surface area (Å²) in [6, 6.07) is 0. The van der Waals surface area contributed by atoms with Crippen molar-refractivity contribution < 1.29 is 9.53 Å². The number of piperidine rings is 1. The molecular weight excluding hydrogens is 306 g/mol. The van der Waals surface area contributed by atoms with Crippen LogP contribution in [0.2, 0.25) is 0 Å². The van der Waals surface area contributed by atoms with Crippen molar-refractivity contribution in [2.45, 2.75) is 59.5 Å². The van der Waals surface area contributed by atoms with Crippen LogP contribution in [0.3, 0.4) is 0 Å². The van der Waals surface area contributed by atoms with Gasteiger partial charge in [0.25, 0.3) is 0 Å². The molecule has 1 atom stereocenters. The lowest BCUT2D eigenvalue weighted by Gasteiger charge is -2.37. The molecule has 1 heterocycles. The van der Waals surface area contributed by atoms with Gasteiger partial charge in [-0.05, 0) is 51.4 Å². The van der Waals surface area contributed by atoms with Gasteiger partial charge in [-0.15, -0.1) is 0 Å². The van der Waals surface area contributed by atoms with Gasteiger partial charge in [-0.25, -0.2) is 4.79 Å². The van der Waals surface area contributed by atoms with Crippen LogP contribution >= 0.6 is 15.9 Å². The minimum absolute atomic E-state index is 0.158. The highest BCUT2D eigenvalue weighted by molar-refractivity contribution is 9.09. The molecule has 3 nitrogen and oxygen atoms in total. The molecule has 0 saturated carbocycles. The number of hydrogen-bond donors (Lipinski definition) is 0. The second kappa shape index (κ2) is 6.47. The molecular formula is C15H28BrNO2. The van der Waals surface area contributed by atoms with Crippen molar-refractivity contribution in [3.05, 3.63) is 0 Å². The van der Waals surface area contributed by atoms with Gasteiger partial charge in [0.15, 0.2) is 0 Å². The molecule has 1 amide bonds. The fourth-order valence-electron chi connectivity index (χ4n) is 2.56. The Labute approximate surface area is 126 Å². The normalized spacial score (nSPS) is 21.4. The maximum absolute atomic E-state index is 12.1. The first-order valence-corrected chi connectivity index (χ1v) is 8.29. The zero-order valence-electron chi connectivity index (χ0n) is 13.0. The van der Waals surface area contributed by atoms with E-state index in [1.165, 1.54) is 6.42 Å². The number of rotatable bonds is 3. The number of nitrogens with zero attached hydrogens (tertiary/aromatic N) is 1. The van der Waals surface area contributed by atoms with Crippen molar-refractivity contribution in [3.8, 4) is 0 Å². The molecule has 4 heteroatoms. The molecule has 0 spiro atoms. The highest BCUT2D eigenvalue weighted by Crippen LogP contribution is 2.32. The molecule has 0 aliphatic carbocycles. The van der Waals surface area contributed by atoms with E-state index in [1.807, 2.05) is 25.7 Å². The van der Waals surface area contributed by atoms with Crippen molar-refractivity contribution in [3.63, 3.8) is 0 Å². The average molecular weight is 334 g/mol. The van der Waals surface area contributed by atoms with E-state index in [2.05, 4.69) is 29.8 Å². The summed E-state index contributed by atoms with van der Waals surface area (Å²) in [7, 11) is 0. The lowest BCUT2D eigenvalue weighted by Crippen LogP contribution is -2.43. The summed E-state index contributed by atoms with van der Waals surface area (Å²) in [5, 5.41) is 1.00. The number of hydrogen-bond acceptors (Lipinski definition) is 2. The Balaban J connectivity index is 2.53. The van der Waals surface area contributed by atoms with Gasteiger partial charge in [0.1, 0.15) is 5.60 Å². The molecule has 1 rings (SSSR count). The third-order valence-corrected chi connectivity index (χ3v) is 4.89. The average Bonchev–Trinajstić information content (AvgIpc) is 2.26. The van der Waals surface area contributed by atoms with Crippen molar-refractivity contribution in [1.29, 1.82) is 0 Å². The van der Waals surface area contributed by atoms with E-state index in [0.717, 1.165) is 31.3 Å². The number of carbonyl (C=O) groups is 1. The first-order chi connectivity index (χ1) is 8.63. The predicted molar refractivity (Wildman–Crippen MR) is 82.7 cm³/mol. The zero-order chi connectivity index (χ0) is 14.7. The molecule has 1 aliphatic rings. The fourth-order valence-corrected chi connectivity index (χ4v) is 2.79. The Kier molecular flexibility index (Phi) is 5.72. The first-order valence-electron chi connectivity index (χ1n) is 7.17. The van der Waals surface area contributed by atoms with Crippen LogP contribution < -0.4 is 0 Å². The quantitative estimate of drug-likeness (QED) is 0.714. The largest absolute Gasteiger partial charge is 0.444 e. The molecule has 112 valence electrons. The Morgan fingerprint density at radius 2 is 1.95 bits per heavy atom. The van der Waals surface area contributed by atoms with E-state index in [9.17, 15) is 4.79 Å². The maximum Gasteiger partial charge on any atom is 0.410 e. The predicted octanol–water partition coefficient (Wildman–Crippen LogP) is 4.44. The summed E-state index contributed by atoms with van der Waals surface area (Å²) in [4.78, 5) is 14.0. The van der Waals surface area contributed by atoms with E-state index in [1.54, 1.807) is 0 Å². The van der Waals surface area contributed by atoms with Crippen molar-refractivity contribution in [2.24, 2.45) is 11.3 Å². The first kappa shape index (κ1) is 16.8. The van der Waals surface area contributed by atoms with Crippen LogP contribution in [0.4, 0.5) is 4.79 Å². The molecule has 0 radical (unpaired) electrons. The number of alkyl halides is 1. The molecule has 1 aliphatic heterocycles. The van der Waals surface area contributed by atoms with Crippen molar-refractivity contribution in [1.82, 2.24) is 4.90 Å². The Morgan fingerprint density at radius 3 is 2.47 bits per heavy atom. The van der Waals surface area contributed by atoms with Crippen molar-refractivity contribution in [2.75, 3.05) is 18.4 Å². The molecule has 0 N–H and O–H groups in total. The number of halogens is 1. The van der Waals surface area contributed by atoms with Crippen LogP contribution in [0.25, 0.3) is 0 Å². The van der Waals surface area contributed by atoms with Gasteiger partial charge in [0.2, 0.25) is 0 Å². The van der Waals surface area contributed by atoms with Gasteiger partial charge in [0, 0.05) is 18.4 Å². The number of amides is 1. The van der Waals surface area contributed by atoms with E-state index in [4.69, 9.17) is 4.74 Å². The van der Waals surface area contributed by atoms with Gasteiger partial charge in [-0.2, -0.15) is 0 Å². The summed E-state index contributed by atoms with van der Waals surface area (Å²) in [5.41, 5.74) is -0.110. The molecule has 1 fully saturated rings. The SMILES string of the molecule is CC(C)(CBr)CC1CCCN(C(=O)OC(C)(C)C)C1. The maximum atomic E-state index is 12.1. The van der Waals surface area contributed by atoms with E-state index in [0.29, 0.717) is 11.3 Å². The van der Waals surface area contributed by atoms with Crippen LogP contribution in [0, 0.1) is 11.3 Å². The topological polar surface area (TPSA) is 29.5 Å². The van der Waals surface area contributed by atoms with Crippen molar-refractivity contribution >= 4 is 22.0 Å². The standard InChI is InChI=1S/C15H28BrNO2/c1-14(2,3)19-13(18)17-8-6-7-12(10-17)9-15(4,5)11-16/h12H,6-11H2,1-5H3. The van der Waals surface area contributed by atoms with Crippen LogP contribution in [0.5, 0.6) is 0 Å². The lowest BCUT2D eigenvalue weighted by atomic mass is 9.81. The summed E-state index contributed by atoms with van der Waals surface area (Å²) in [5.74, 6) is 0.591. The molecule has 0 aromatic rings. The Bertz CT molecular complexity index is 310. The van der Waals surface area contributed by atoms with E-state index in [-0.39, 0.29) is 6.09 Å². The zero-order valence-corrected chi connectivity index (χ0v) is 14.5. The fraction of sp³-hybridized carbons (Fsp3) is 0.933. The highest BCUT2D eigenvalue weighted by Gasteiger charge is 2.30. The van der Waals surface area contributed by atoms with Crippen LogP contribution in [-0.4, -0.2) is 35.0 Å². The summed E-state index contributed by atoms with van der Waals surface area (Å²) in [6.07, 6.45) is 3.30. The Morgan fingerprint density at radius 1 is 1.32 bits per heavy atom. The van der Waals surface area contributed by atoms with Gasteiger partial charge in [0.05, 0.1) is 0 Å². The van der Waals surface area contributed by atoms with Crippen LogP contribution in [0.15, 0.2) is 0 Å². The number of ether oxygens (including phenoxy) is 1. The van der Waals surface area contributed by atoms with E-state index >= 15 is 0 Å². The number of carbonyl (C=O) groups excluding carboxylic acids is 1. The summed E-state index contributed by atoms with van der Waals surface area (Å²) < 4.78 is 5.46. The van der Waals surface area contributed by atoms with Crippen LogP contribution in [0.1, 0.15) is 53.9 Å². The van der Waals surface area contributed by atoms with Gasteiger partial charge >= 0.3 is 6.09 Å². The molecule has 0 bridgehead atoms. The summed E-state index contributed by atoms with van der Waals surface area (Å²) in [6.45, 7) is 12.0. The molecule has 1 saturated heterocycles. The third kappa shape index (κ3) is 6.15. The smallest absolute Gasteiger partial charge is 0.410 e. The van der Waals surface area contributed by atoms with Gasteiger partial charge in [-0.3, -0.25) is 0 Å². The van der Waals surface area contributed by atoms with Gasteiger partial charge in [-0.1, -0.05) is 29.8 Å². The minimum Gasteiger partial charge on any atom is -0.444 e. The second-order valence-corrected chi connectivity index (χ2v) is 8.00. The second-order valence-electron chi connectivity index (χ2n) is 7.44. The molecule has 19 heavy (non-hydrogen) atoms. The summed E-state index contributed by atoms with van der Waals surface area (Å²) >= 11 is 3.58. The molecule has 0 aromatic heterocycles. The third-order valence-electron chi connectivity index (χ3n) is 3.37. The van der Waals surface area contributed by atoms with E-state index < -0.39 is 5.60 Å². The lowest BCUT2D eigenvalue weighted by molar-refractivity contribution is 0.0144. The Hall–Kier alpha value is -0.250. The monoisotopic (exact) mass is 333 g/mol. The highest BCUT2D eigenvalue weighted by atomic mass is 79.9. The van der Waals surface area contributed by atoms with Gasteiger partial charge < -0.3 is 9.64 Å². The van der Waals surface area contributed by atoms with Crippen LogP contribution in [-0.2, 0) is 4.74 Å². The molecule has 1 unspecified atom stereocenters. The number of likely N-dealkylation sites (tertiary alicyclic amines) is 1. The molecule has 0 aromatic carbocycles.